The molecule has 0 spiro atoms. The number of rotatable bonds is 7. The highest BCUT2D eigenvalue weighted by atomic mass is 16.7. The Balaban J connectivity index is 2.88. The van der Waals surface area contributed by atoms with E-state index in [1.54, 1.807) is 13.0 Å². The van der Waals surface area contributed by atoms with E-state index < -0.39 is 6.16 Å². The average molecular weight is 455 g/mol. The zero-order chi connectivity index (χ0) is 24.9. The first-order valence-electron chi connectivity index (χ1n) is 11.7. The molecule has 0 aliphatic heterocycles. The van der Waals surface area contributed by atoms with Gasteiger partial charge >= 0.3 is 12.1 Å². The second-order valence-electron chi connectivity index (χ2n) is 9.56. The molecule has 180 valence electrons. The number of esters is 1. The number of carbonyl (C=O) groups excluding carboxylic acids is 2. The van der Waals surface area contributed by atoms with Crippen molar-refractivity contribution in [3.63, 3.8) is 0 Å². The fourth-order valence-corrected chi connectivity index (χ4v) is 3.77. The zero-order valence-electron chi connectivity index (χ0n) is 21.6. The van der Waals surface area contributed by atoms with Crippen LogP contribution in [0.1, 0.15) is 81.7 Å². The number of unbranched alkanes of at least 4 members (excludes halogenated alkanes) is 1. The van der Waals surface area contributed by atoms with Crippen molar-refractivity contribution in [2.45, 2.75) is 87.0 Å². The summed E-state index contributed by atoms with van der Waals surface area (Å²) in [7, 11) is 0. The van der Waals surface area contributed by atoms with Crippen molar-refractivity contribution in [1.82, 2.24) is 0 Å². The largest absolute Gasteiger partial charge is 0.513 e. The minimum absolute atomic E-state index is 0.219. The maximum Gasteiger partial charge on any atom is 0.513 e. The second-order valence-corrected chi connectivity index (χ2v) is 9.56. The Morgan fingerprint density at radius 1 is 0.879 bits per heavy atom. The zero-order valence-corrected chi connectivity index (χ0v) is 21.6. The molecular formula is C28H38O5. The summed E-state index contributed by atoms with van der Waals surface area (Å²) in [5.74, 6) is 0.662. The highest BCUT2D eigenvalue weighted by Crippen LogP contribution is 2.47. The summed E-state index contributed by atoms with van der Waals surface area (Å²) in [6.07, 6.45) is 1.27. The van der Waals surface area contributed by atoms with E-state index in [4.69, 9.17) is 14.2 Å². The van der Waals surface area contributed by atoms with Gasteiger partial charge in [-0.25, -0.2) is 4.79 Å². The van der Waals surface area contributed by atoms with Crippen LogP contribution in [0.25, 0.3) is 11.1 Å². The minimum atomic E-state index is -0.759. The summed E-state index contributed by atoms with van der Waals surface area (Å²) < 4.78 is 16.7. The van der Waals surface area contributed by atoms with Crippen molar-refractivity contribution in [3.05, 3.63) is 46.0 Å². The number of aryl methyl sites for hydroxylation is 2. The molecule has 0 unspecified atom stereocenters. The number of ether oxygens (including phenoxy) is 3. The standard InChI is InChI=1S/C28H38O5/c1-10-12-13-23(29)33-26-21(28(7,8)9)16-18(4)20(6)25(26)24-19(5)17(3)14-15-22(24)32-27(30)31-11-2/h14-16H,10-13H2,1-9H3. The van der Waals surface area contributed by atoms with E-state index in [1.165, 1.54) is 0 Å². The third kappa shape index (κ3) is 6.16. The van der Waals surface area contributed by atoms with Gasteiger partial charge in [0.05, 0.1) is 6.61 Å². The predicted molar refractivity (Wildman–Crippen MR) is 132 cm³/mol. The van der Waals surface area contributed by atoms with Gasteiger partial charge in [-0.2, -0.15) is 0 Å². The van der Waals surface area contributed by atoms with E-state index in [9.17, 15) is 9.59 Å². The Bertz CT molecular complexity index is 1030. The van der Waals surface area contributed by atoms with Gasteiger partial charge < -0.3 is 14.2 Å². The summed E-state index contributed by atoms with van der Waals surface area (Å²) in [6.45, 7) is 18.4. The number of carbonyl (C=O) groups is 2. The highest BCUT2D eigenvalue weighted by molar-refractivity contribution is 5.88. The number of hydrogen-bond donors (Lipinski definition) is 0. The van der Waals surface area contributed by atoms with Crippen LogP contribution in [-0.4, -0.2) is 18.7 Å². The summed E-state index contributed by atoms with van der Waals surface area (Å²) in [5.41, 5.74) is 6.24. The predicted octanol–water partition coefficient (Wildman–Crippen LogP) is 7.52. The summed E-state index contributed by atoms with van der Waals surface area (Å²) in [4.78, 5) is 25.0. The van der Waals surface area contributed by atoms with Gasteiger partial charge in [0, 0.05) is 23.1 Å². The molecular weight excluding hydrogens is 416 g/mol. The van der Waals surface area contributed by atoms with Crippen molar-refractivity contribution in [3.8, 4) is 22.6 Å². The van der Waals surface area contributed by atoms with Crippen LogP contribution in [0.3, 0.4) is 0 Å². The Hall–Kier alpha value is -2.82. The van der Waals surface area contributed by atoms with Gasteiger partial charge in [0.15, 0.2) is 0 Å². The van der Waals surface area contributed by atoms with Crippen molar-refractivity contribution in [1.29, 1.82) is 0 Å². The van der Waals surface area contributed by atoms with Gasteiger partial charge in [-0.05, 0) is 74.8 Å². The molecule has 33 heavy (non-hydrogen) atoms. The molecule has 0 bridgehead atoms. The van der Waals surface area contributed by atoms with Gasteiger partial charge in [0.1, 0.15) is 11.5 Å². The molecule has 5 heteroatoms. The fraction of sp³-hybridized carbons (Fsp3) is 0.500. The molecule has 5 nitrogen and oxygen atoms in total. The first-order chi connectivity index (χ1) is 15.4. The van der Waals surface area contributed by atoms with Crippen LogP contribution in [0.4, 0.5) is 4.79 Å². The monoisotopic (exact) mass is 454 g/mol. The first-order valence-corrected chi connectivity index (χ1v) is 11.7. The van der Waals surface area contributed by atoms with Crippen molar-refractivity contribution >= 4 is 12.1 Å². The van der Waals surface area contributed by atoms with Crippen LogP contribution in [0, 0.1) is 27.7 Å². The lowest BCUT2D eigenvalue weighted by Gasteiger charge is -2.28. The molecule has 0 aliphatic carbocycles. The normalized spacial score (nSPS) is 11.3. The van der Waals surface area contributed by atoms with Gasteiger partial charge in [-0.15, -0.1) is 0 Å². The molecule has 2 rings (SSSR count). The molecule has 0 saturated heterocycles. The van der Waals surface area contributed by atoms with E-state index >= 15 is 0 Å². The van der Waals surface area contributed by atoms with Gasteiger partial charge in [-0.3, -0.25) is 4.79 Å². The molecule has 0 saturated carbocycles. The smallest absolute Gasteiger partial charge is 0.434 e. The molecule has 0 amide bonds. The Labute approximate surface area is 198 Å². The first kappa shape index (κ1) is 26.4. The summed E-state index contributed by atoms with van der Waals surface area (Å²) in [6, 6.07) is 5.78. The molecule has 0 atom stereocenters. The molecule has 0 aliphatic rings. The van der Waals surface area contributed by atoms with Crippen LogP contribution in [0.2, 0.25) is 0 Å². The lowest BCUT2D eigenvalue weighted by molar-refractivity contribution is -0.134. The quantitative estimate of drug-likeness (QED) is 0.246. The van der Waals surface area contributed by atoms with Crippen LogP contribution in [-0.2, 0) is 14.9 Å². The van der Waals surface area contributed by atoms with Crippen LogP contribution in [0.5, 0.6) is 11.5 Å². The Morgan fingerprint density at radius 2 is 1.52 bits per heavy atom. The Morgan fingerprint density at radius 3 is 2.09 bits per heavy atom. The second kappa shape index (κ2) is 10.9. The topological polar surface area (TPSA) is 61.8 Å². The molecule has 0 N–H and O–H groups in total. The third-order valence-electron chi connectivity index (χ3n) is 5.96. The summed E-state index contributed by atoms with van der Waals surface area (Å²) >= 11 is 0. The van der Waals surface area contributed by atoms with Gasteiger partial charge in [0.2, 0.25) is 0 Å². The van der Waals surface area contributed by atoms with Crippen LogP contribution in [0.15, 0.2) is 18.2 Å². The van der Waals surface area contributed by atoms with Crippen molar-refractivity contribution in [2.24, 2.45) is 0 Å². The van der Waals surface area contributed by atoms with E-state index in [0.717, 1.165) is 51.8 Å². The lowest BCUT2D eigenvalue weighted by atomic mass is 9.80. The van der Waals surface area contributed by atoms with Crippen LogP contribution >= 0.6 is 0 Å². The maximum atomic E-state index is 12.8. The van der Waals surface area contributed by atoms with Gasteiger partial charge in [-0.1, -0.05) is 46.2 Å². The lowest BCUT2D eigenvalue weighted by Crippen LogP contribution is -2.19. The van der Waals surface area contributed by atoms with Crippen molar-refractivity contribution in [2.75, 3.05) is 6.61 Å². The minimum Gasteiger partial charge on any atom is -0.434 e. The Kier molecular flexibility index (Phi) is 8.70. The summed E-state index contributed by atoms with van der Waals surface area (Å²) in [5, 5.41) is 0. The third-order valence-corrected chi connectivity index (χ3v) is 5.96. The average Bonchev–Trinajstić information content (AvgIpc) is 2.72. The molecule has 2 aromatic carbocycles. The molecule has 0 aromatic heterocycles. The molecule has 2 aromatic rings. The molecule has 0 radical (unpaired) electrons. The van der Waals surface area contributed by atoms with E-state index in [2.05, 4.69) is 26.8 Å². The van der Waals surface area contributed by atoms with Crippen molar-refractivity contribution < 1.29 is 23.8 Å². The SMILES string of the molecule is CCCCC(=O)Oc1c(C(C)(C)C)cc(C)c(C)c1-c1c(OC(=O)OCC)ccc(C)c1C. The maximum absolute atomic E-state index is 12.8. The fourth-order valence-electron chi connectivity index (χ4n) is 3.77. The van der Waals surface area contributed by atoms with Gasteiger partial charge in [0.25, 0.3) is 0 Å². The number of benzene rings is 2. The highest BCUT2D eigenvalue weighted by Gasteiger charge is 2.29. The molecule has 0 fully saturated rings. The number of hydrogen-bond acceptors (Lipinski definition) is 5. The van der Waals surface area contributed by atoms with E-state index in [1.807, 2.05) is 40.7 Å². The van der Waals surface area contributed by atoms with Crippen LogP contribution < -0.4 is 9.47 Å². The van der Waals surface area contributed by atoms with E-state index in [-0.39, 0.29) is 18.0 Å². The van der Waals surface area contributed by atoms with E-state index in [0.29, 0.717) is 17.9 Å². The molecule has 0 heterocycles.